The van der Waals surface area contributed by atoms with Crippen molar-refractivity contribution in [2.75, 3.05) is 24.5 Å². The SMILES string of the molecule is C=C1CN(c2ccc(Cl)cc2)CCN1. The molecule has 1 heterocycles. The van der Waals surface area contributed by atoms with Crippen molar-refractivity contribution >= 4 is 17.3 Å². The Balaban J connectivity index is 2.14. The Labute approximate surface area is 89.2 Å². The number of anilines is 1. The number of piperazine rings is 1. The van der Waals surface area contributed by atoms with E-state index in [9.17, 15) is 0 Å². The molecule has 1 aliphatic rings. The predicted molar refractivity (Wildman–Crippen MR) is 60.8 cm³/mol. The first-order valence-electron chi connectivity index (χ1n) is 4.68. The van der Waals surface area contributed by atoms with Crippen molar-refractivity contribution in [1.29, 1.82) is 0 Å². The van der Waals surface area contributed by atoms with Gasteiger partial charge in [0.05, 0.1) is 6.54 Å². The second kappa shape index (κ2) is 3.93. The second-order valence-electron chi connectivity index (χ2n) is 3.43. The van der Waals surface area contributed by atoms with E-state index in [1.54, 1.807) is 0 Å². The summed E-state index contributed by atoms with van der Waals surface area (Å²) in [5.41, 5.74) is 2.28. The maximum Gasteiger partial charge on any atom is 0.0571 e. The van der Waals surface area contributed by atoms with Crippen molar-refractivity contribution in [3.63, 3.8) is 0 Å². The quantitative estimate of drug-likeness (QED) is 0.762. The van der Waals surface area contributed by atoms with Crippen molar-refractivity contribution in [2.24, 2.45) is 0 Å². The van der Waals surface area contributed by atoms with E-state index in [0.29, 0.717) is 0 Å². The third kappa shape index (κ3) is 2.02. The highest BCUT2D eigenvalue weighted by molar-refractivity contribution is 6.30. The molecule has 1 aromatic rings. The first-order chi connectivity index (χ1) is 6.75. The van der Waals surface area contributed by atoms with Crippen LogP contribution in [0.2, 0.25) is 5.02 Å². The average Bonchev–Trinajstić information content (AvgIpc) is 2.19. The minimum Gasteiger partial charge on any atom is -0.386 e. The average molecular weight is 209 g/mol. The van der Waals surface area contributed by atoms with Crippen LogP contribution in [0.5, 0.6) is 0 Å². The summed E-state index contributed by atoms with van der Waals surface area (Å²) in [4.78, 5) is 2.29. The van der Waals surface area contributed by atoms with Crippen LogP contribution in [-0.2, 0) is 0 Å². The lowest BCUT2D eigenvalue weighted by molar-refractivity contribution is 0.663. The fourth-order valence-electron chi connectivity index (χ4n) is 1.61. The fourth-order valence-corrected chi connectivity index (χ4v) is 1.73. The van der Waals surface area contributed by atoms with Crippen molar-refractivity contribution in [3.8, 4) is 0 Å². The molecule has 0 aromatic heterocycles. The number of hydrogen-bond donors (Lipinski definition) is 1. The molecule has 0 atom stereocenters. The molecule has 0 radical (unpaired) electrons. The molecule has 14 heavy (non-hydrogen) atoms. The molecule has 1 aromatic carbocycles. The van der Waals surface area contributed by atoms with Gasteiger partial charge in [0.15, 0.2) is 0 Å². The molecule has 1 N–H and O–H groups in total. The van der Waals surface area contributed by atoms with Gasteiger partial charge in [-0.15, -0.1) is 0 Å². The second-order valence-corrected chi connectivity index (χ2v) is 3.86. The molecule has 1 saturated heterocycles. The molecule has 0 bridgehead atoms. The van der Waals surface area contributed by atoms with E-state index in [0.717, 1.165) is 30.4 Å². The van der Waals surface area contributed by atoms with Crippen molar-refractivity contribution in [3.05, 3.63) is 41.6 Å². The third-order valence-corrected chi connectivity index (χ3v) is 2.58. The molecule has 0 aliphatic carbocycles. The minimum absolute atomic E-state index is 0.780. The lowest BCUT2D eigenvalue weighted by Crippen LogP contribution is -2.41. The zero-order valence-electron chi connectivity index (χ0n) is 7.96. The van der Waals surface area contributed by atoms with Crippen LogP contribution < -0.4 is 10.2 Å². The first kappa shape index (κ1) is 9.41. The van der Waals surface area contributed by atoms with Crippen LogP contribution in [0.3, 0.4) is 0 Å². The Morgan fingerprint density at radius 1 is 1.29 bits per heavy atom. The molecule has 0 spiro atoms. The lowest BCUT2D eigenvalue weighted by Gasteiger charge is -2.31. The van der Waals surface area contributed by atoms with Crippen molar-refractivity contribution in [1.82, 2.24) is 5.32 Å². The number of halogens is 1. The van der Waals surface area contributed by atoms with Gasteiger partial charge in [-0.3, -0.25) is 0 Å². The van der Waals surface area contributed by atoms with Crippen LogP contribution in [-0.4, -0.2) is 19.6 Å². The van der Waals surface area contributed by atoms with Gasteiger partial charge in [0.1, 0.15) is 0 Å². The molecular weight excluding hydrogens is 196 g/mol. The van der Waals surface area contributed by atoms with Gasteiger partial charge in [0.2, 0.25) is 0 Å². The van der Waals surface area contributed by atoms with Crippen LogP contribution in [0.4, 0.5) is 5.69 Å². The van der Waals surface area contributed by atoms with Gasteiger partial charge in [-0.05, 0) is 24.3 Å². The summed E-state index contributed by atoms with van der Waals surface area (Å²) < 4.78 is 0. The summed E-state index contributed by atoms with van der Waals surface area (Å²) in [6.45, 7) is 6.78. The minimum atomic E-state index is 0.780. The largest absolute Gasteiger partial charge is 0.386 e. The fraction of sp³-hybridized carbons (Fsp3) is 0.273. The molecule has 1 aliphatic heterocycles. The highest BCUT2D eigenvalue weighted by atomic mass is 35.5. The number of nitrogens with zero attached hydrogens (tertiary/aromatic N) is 1. The van der Waals surface area contributed by atoms with Gasteiger partial charge >= 0.3 is 0 Å². The Hall–Kier alpha value is -1.15. The zero-order valence-corrected chi connectivity index (χ0v) is 8.72. The van der Waals surface area contributed by atoms with E-state index >= 15 is 0 Å². The molecule has 1 fully saturated rings. The molecule has 0 saturated carbocycles. The number of hydrogen-bond acceptors (Lipinski definition) is 2. The Morgan fingerprint density at radius 3 is 2.64 bits per heavy atom. The number of nitrogens with one attached hydrogen (secondary N) is 1. The maximum atomic E-state index is 5.83. The van der Waals surface area contributed by atoms with E-state index in [2.05, 4.69) is 16.8 Å². The lowest BCUT2D eigenvalue weighted by atomic mass is 10.2. The standard InChI is InChI=1S/C11H13ClN2/c1-9-8-14(7-6-13-9)11-4-2-10(12)3-5-11/h2-5,13H,1,6-8H2. The monoisotopic (exact) mass is 208 g/mol. The highest BCUT2D eigenvalue weighted by Crippen LogP contribution is 2.19. The van der Waals surface area contributed by atoms with E-state index in [1.807, 2.05) is 24.3 Å². The molecule has 2 nitrogen and oxygen atoms in total. The predicted octanol–water partition coefficient (Wildman–Crippen LogP) is 2.26. The van der Waals surface area contributed by atoms with Gasteiger partial charge in [0.25, 0.3) is 0 Å². The normalized spacial score (nSPS) is 16.6. The molecular formula is C11H13ClN2. The zero-order chi connectivity index (χ0) is 9.97. The van der Waals surface area contributed by atoms with E-state index < -0.39 is 0 Å². The molecule has 74 valence electrons. The van der Waals surface area contributed by atoms with Gasteiger partial charge in [-0.25, -0.2) is 0 Å². The van der Waals surface area contributed by atoms with Crippen LogP contribution in [0.25, 0.3) is 0 Å². The summed E-state index contributed by atoms with van der Waals surface area (Å²) in [6, 6.07) is 7.92. The smallest absolute Gasteiger partial charge is 0.0571 e. The van der Waals surface area contributed by atoms with Gasteiger partial charge in [0, 0.05) is 29.5 Å². The summed E-state index contributed by atoms with van der Waals surface area (Å²) in [6.07, 6.45) is 0. The van der Waals surface area contributed by atoms with Crippen molar-refractivity contribution < 1.29 is 0 Å². The summed E-state index contributed by atoms with van der Waals surface area (Å²) in [5.74, 6) is 0. The van der Waals surface area contributed by atoms with Crippen LogP contribution >= 0.6 is 11.6 Å². The van der Waals surface area contributed by atoms with Crippen LogP contribution in [0.15, 0.2) is 36.5 Å². The van der Waals surface area contributed by atoms with E-state index in [-0.39, 0.29) is 0 Å². The summed E-state index contributed by atoms with van der Waals surface area (Å²) in [5, 5.41) is 4.01. The first-order valence-corrected chi connectivity index (χ1v) is 5.06. The van der Waals surface area contributed by atoms with Crippen LogP contribution in [0.1, 0.15) is 0 Å². The number of rotatable bonds is 1. The van der Waals surface area contributed by atoms with Crippen LogP contribution in [0, 0.1) is 0 Å². The molecule has 2 rings (SSSR count). The van der Waals surface area contributed by atoms with Gasteiger partial charge < -0.3 is 10.2 Å². The summed E-state index contributed by atoms with van der Waals surface area (Å²) in [7, 11) is 0. The summed E-state index contributed by atoms with van der Waals surface area (Å²) >= 11 is 5.83. The van der Waals surface area contributed by atoms with E-state index in [1.165, 1.54) is 5.69 Å². The van der Waals surface area contributed by atoms with Crippen molar-refractivity contribution in [2.45, 2.75) is 0 Å². The van der Waals surface area contributed by atoms with E-state index in [4.69, 9.17) is 11.6 Å². The topological polar surface area (TPSA) is 15.3 Å². The maximum absolute atomic E-state index is 5.83. The van der Waals surface area contributed by atoms with Gasteiger partial charge in [-0.1, -0.05) is 18.2 Å². The molecule has 0 unspecified atom stereocenters. The molecule has 3 heteroatoms. The Kier molecular flexibility index (Phi) is 2.64. The Morgan fingerprint density at radius 2 is 2.00 bits per heavy atom. The third-order valence-electron chi connectivity index (χ3n) is 2.33. The molecule has 0 amide bonds. The van der Waals surface area contributed by atoms with Gasteiger partial charge in [-0.2, -0.15) is 0 Å². The highest BCUT2D eigenvalue weighted by Gasteiger charge is 2.11. The Bertz CT molecular complexity index is 332. The number of benzene rings is 1.